The van der Waals surface area contributed by atoms with Gasteiger partial charge in [-0.15, -0.1) is 0 Å². The van der Waals surface area contributed by atoms with Gasteiger partial charge in [-0.1, -0.05) is 6.92 Å². The quantitative estimate of drug-likeness (QED) is 0.803. The molecule has 0 unspecified atom stereocenters. The highest BCUT2D eigenvalue weighted by Gasteiger charge is 2.21. The zero-order valence-electron chi connectivity index (χ0n) is 12.0. The fourth-order valence-electron chi connectivity index (χ4n) is 2.79. The van der Waals surface area contributed by atoms with Gasteiger partial charge in [0.15, 0.2) is 5.90 Å². The first-order valence-electron chi connectivity index (χ1n) is 7.59. The summed E-state index contributed by atoms with van der Waals surface area (Å²) in [5.74, 6) is 2.78. The van der Waals surface area contributed by atoms with Gasteiger partial charge in [0.2, 0.25) is 0 Å². The van der Waals surface area contributed by atoms with E-state index < -0.39 is 0 Å². The normalized spacial score (nSPS) is 20.8. The summed E-state index contributed by atoms with van der Waals surface area (Å²) in [6.45, 7) is 5.32. The molecule has 2 rings (SSSR count). The Balaban J connectivity index is 1.82. The lowest BCUT2D eigenvalue weighted by atomic mass is 9.92. The Morgan fingerprint density at radius 1 is 1.42 bits per heavy atom. The molecule has 0 aromatic carbocycles. The molecule has 1 fully saturated rings. The van der Waals surface area contributed by atoms with Gasteiger partial charge in [0.1, 0.15) is 12.4 Å². The molecular formula is C15H26N2O2. The van der Waals surface area contributed by atoms with E-state index in [1.807, 2.05) is 0 Å². The Morgan fingerprint density at radius 2 is 2.21 bits per heavy atom. The predicted molar refractivity (Wildman–Crippen MR) is 77.0 cm³/mol. The lowest BCUT2D eigenvalue weighted by Crippen LogP contribution is -2.34. The number of aliphatic hydroxyl groups excluding tert-OH is 1. The van der Waals surface area contributed by atoms with E-state index in [0.29, 0.717) is 13.2 Å². The number of ether oxygens (including phenoxy) is 1. The highest BCUT2D eigenvalue weighted by Crippen LogP contribution is 2.25. The van der Waals surface area contributed by atoms with Gasteiger partial charge in [-0.2, -0.15) is 0 Å². The van der Waals surface area contributed by atoms with Crippen LogP contribution in [0.2, 0.25) is 0 Å². The van der Waals surface area contributed by atoms with Gasteiger partial charge in [0, 0.05) is 26.1 Å². The summed E-state index contributed by atoms with van der Waals surface area (Å²) in [6, 6.07) is 0. The van der Waals surface area contributed by atoms with Crippen molar-refractivity contribution in [3.05, 3.63) is 11.9 Å². The molecule has 0 aromatic heterocycles. The van der Waals surface area contributed by atoms with Crippen molar-refractivity contribution in [2.24, 2.45) is 10.9 Å². The molecule has 0 spiro atoms. The van der Waals surface area contributed by atoms with Gasteiger partial charge in [-0.05, 0) is 44.1 Å². The van der Waals surface area contributed by atoms with E-state index in [1.165, 1.54) is 12.8 Å². The van der Waals surface area contributed by atoms with Crippen LogP contribution in [0, 0.1) is 5.92 Å². The van der Waals surface area contributed by atoms with Crippen LogP contribution in [-0.2, 0) is 4.74 Å². The summed E-state index contributed by atoms with van der Waals surface area (Å²) in [4.78, 5) is 7.01. The maximum Gasteiger partial charge on any atom is 0.190 e. The lowest BCUT2D eigenvalue weighted by Gasteiger charge is -2.34. The number of nitrogens with zero attached hydrogens (tertiary/aromatic N) is 2. The number of rotatable bonds is 6. The molecule has 0 bridgehead atoms. The van der Waals surface area contributed by atoms with Crippen LogP contribution in [0.3, 0.4) is 0 Å². The van der Waals surface area contributed by atoms with E-state index in [4.69, 9.17) is 9.84 Å². The molecular weight excluding hydrogens is 240 g/mol. The van der Waals surface area contributed by atoms with Gasteiger partial charge < -0.3 is 14.7 Å². The molecule has 2 heterocycles. The van der Waals surface area contributed by atoms with Crippen LogP contribution in [-0.4, -0.2) is 42.2 Å². The molecule has 0 saturated carbocycles. The largest absolute Gasteiger partial charge is 0.476 e. The highest BCUT2D eigenvalue weighted by molar-refractivity contribution is 5.77. The molecule has 1 saturated heterocycles. The molecule has 0 atom stereocenters. The molecule has 0 amide bonds. The third-order valence-corrected chi connectivity index (χ3v) is 3.93. The van der Waals surface area contributed by atoms with Crippen LogP contribution in [0.5, 0.6) is 0 Å². The minimum Gasteiger partial charge on any atom is -0.476 e. The first-order chi connectivity index (χ1) is 9.33. The van der Waals surface area contributed by atoms with E-state index in [9.17, 15) is 0 Å². The number of hydrogen-bond donors (Lipinski definition) is 1. The van der Waals surface area contributed by atoms with Crippen LogP contribution in [0.15, 0.2) is 16.9 Å². The second kappa shape index (κ2) is 7.53. The van der Waals surface area contributed by atoms with Gasteiger partial charge in [-0.25, -0.2) is 4.99 Å². The van der Waals surface area contributed by atoms with Crippen LogP contribution in [0.25, 0.3) is 0 Å². The fourth-order valence-corrected chi connectivity index (χ4v) is 2.79. The maximum atomic E-state index is 8.88. The predicted octanol–water partition coefficient (Wildman–Crippen LogP) is 2.54. The van der Waals surface area contributed by atoms with Crippen molar-refractivity contribution in [2.45, 2.75) is 45.4 Å². The average Bonchev–Trinajstić information content (AvgIpc) is 2.46. The van der Waals surface area contributed by atoms with E-state index in [-0.39, 0.29) is 0 Å². The standard InChI is InChI=1S/C15H26N2O2/c1-2-4-15-16-14(8-12-19-15)17-9-6-13(7-10-17)5-3-11-18/h8,13,18H,2-7,9-12H2,1H3. The Hall–Kier alpha value is -1.03. The monoisotopic (exact) mass is 266 g/mol. The van der Waals surface area contributed by atoms with E-state index in [0.717, 1.165) is 56.4 Å². The number of aliphatic hydroxyl groups is 1. The van der Waals surface area contributed by atoms with Crippen molar-refractivity contribution in [3.8, 4) is 0 Å². The third-order valence-electron chi connectivity index (χ3n) is 3.93. The maximum absolute atomic E-state index is 8.88. The van der Waals surface area contributed by atoms with Gasteiger partial charge in [-0.3, -0.25) is 0 Å². The Labute approximate surface area is 116 Å². The second-order valence-electron chi connectivity index (χ2n) is 5.43. The summed E-state index contributed by atoms with van der Waals surface area (Å²) in [5, 5.41) is 8.88. The number of aliphatic imine (C=N–C) groups is 1. The summed E-state index contributed by atoms with van der Waals surface area (Å²) in [5.41, 5.74) is 0. The second-order valence-corrected chi connectivity index (χ2v) is 5.43. The highest BCUT2D eigenvalue weighted by atomic mass is 16.5. The van der Waals surface area contributed by atoms with Crippen molar-refractivity contribution in [1.82, 2.24) is 4.90 Å². The van der Waals surface area contributed by atoms with Gasteiger partial charge in [0.05, 0.1) is 0 Å². The minimum absolute atomic E-state index is 0.327. The van der Waals surface area contributed by atoms with Gasteiger partial charge in [0.25, 0.3) is 0 Å². The Morgan fingerprint density at radius 3 is 2.89 bits per heavy atom. The summed E-state index contributed by atoms with van der Waals surface area (Å²) in [6.07, 6.45) is 8.65. The third kappa shape index (κ3) is 4.23. The van der Waals surface area contributed by atoms with Crippen molar-refractivity contribution in [3.63, 3.8) is 0 Å². The zero-order valence-corrected chi connectivity index (χ0v) is 12.0. The van der Waals surface area contributed by atoms with E-state index in [2.05, 4.69) is 22.9 Å². The first kappa shape index (κ1) is 14.4. The SMILES string of the molecule is CCCC1=NC(N2CCC(CCCO)CC2)=CCO1. The molecule has 0 radical (unpaired) electrons. The van der Waals surface area contributed by atoms with E-state index in [1.54, 1.807) is 0 Å². The van der Waals surface area contributed by atoms with Crippen molar-refractivity contribution in [2.75, 3.05) is 26.3 Å². The molecule has 4 heteroatoms. The summed E-state index contributed by atoms with van der Waals surface area (Å²) in [7, 11) is 0. The number of hydrogen-bond acceptors (Lipinski definition) is 4. The smallest absolute Gasteiger partial charge is 0.190 e. The molecule has 0 aliphatic carbocycles. The molecule has 1 N–H and O–H groups in total. The topological polar surface area (TPSA) is 45.1 Å². The summed E-state index contributed by atoms with van der Waals surface area (Å²) >= 11 is 0. The average molecular weight is 266 g/mol. The van der Waals surface area contributed by atoms with Crippen molar-refractivity contribution in [1.29, 1.82) is 0 Å². The minimum atomic E-state index is 0.327. The van der Waals surface area contributed by atoms with E-state index >= 15 is 0 Å². The number of likely N-dealkylation sites (tertiary alicyclic amines) is 1. The summed E-state index contributed by atoms with van der Waals surface area (Å²) < 4.78 is 5.53. The molecule has 4 nitrogen and oxygen atoms in total. The fraction of sp³-hybridized carbons (Fsp3) is 0.800. The van der Waals surface area contributed by atoms with Crippen LogP contribution in [0.4, 0.5) is 0 Å². The van der Waals surface area contributed by atoms with Gasteiger partial charge >= 0.3 is 0 Å². The molecule has 2 aliphatic rings. The van der Waals surface area contributed by atoms with Crippen molar-refractivity contribution < 1.29 is 9.84 Å². The Bertz CT molecular complexity index is 331. The molecule has 2 aliphatic heterocycles. The van der Waals surface area contributed by atoms with Crippen LogP contribution >= 0.6 is 0 Å². The van der Waals surface area contributed by atoms with Crippen LogP contribution < -0.4 is 0 Å². The number of piperidine rings is 1. The molecule has 19 heavy (non-hydrogen) atoms. The Kier molecular flexibility index (Phi) is 5.70. The molecule has 0 aromatic rings. The first-order valence-corrected chi connectivity index (χ1v) is 7.59. The zero-order chi connectivity index (χ0) is 13.5. The van der Waals surface area contributed by atoms with Crippen LogP contribution in [0.1, 0.15) is 45.4 Å². The molecule has 108 valence electrons. The van der Waals surface area contributed by atoms with Crippen molar-refractivity contribution >= 4 is 5.90 Å². The lowest BCUT2D eigenvalue weighted by molar-refractivity contribution is 0.195.